The van der Waals surface area contributed by atoms with Gasteiger partial charge in [-0.25, -0.2) is 4.98 Å². The maximum Gasteiger partial charge on any atom is 0.244 e. The molecule has 0 radical (unpaired) electrons. The molecule has 2 heterocycles. The number of hydrogen-bond donors (Lipinski definition) is 1. The Kier molecular flexibility index (Phi) is 3.99. The predicted molar refractivity (Wildman–Crippen MR) is 69.4 cm³/mol. The quantitative estimate of drug-likeness (QED) is 0.894. The zero-order valence-corrected chi connectivity index (χ0v) is 12.0. The van der Waals surface area contributed by atoms with Crippen molar-refractivity contribution in [3.05, 3.63) is 29.1 Å². The van der Waals surface area contributed by atoms with Crippen LogP contribution in [0.1, 0.15) is 48.9 Å². The fourth-order valence-corrected chi connectivity index (χ4v) is 1.86. The number of rotatable bonds is 5. The number of oxazole rings is 1. The molecule has 1 N–H and O–H groups in total. The van der Waals surface area contributed by atoms with Crippen LogP contribution in [0.3, 0.4) is 0 Å². The maximum absolute atomic E-state index is 5.55. The minimum Gasteiger partial charge on any atom is -0.444 e. The third-order valence-electron chi connectivity index (χ3n) is 3.02. The van der Waals surface area contributed by atoms with Crippen molar-refractivity contribution >= 4 is 0 Å². The number of hydrogen-bond acceptors (Lipinski definition) is 6. The smallest absolute Gasteiger partial charge is 0.244 e. The molecule has 0 aliphatic carbocycles. The van der Waals surface area contributed by atoms with Crippen molar-refractivity contribution in [3.8, 4) is 0 Å². The molecule has 2 aromatic rings. The Hall–Kier alpha value is -1.69. The zero-order chi connectivity index (χ0) is 14.0. The largest absolute Gasteiger partial charge is 0.444 e. The Bertz CT molecular complexity index is 525. The van der Waals surface area contributed by atoms with Gasteiger partial charge in [-0.15, -0.1) is 0 Å². The minimum atomic E-state index is -0.00582. The average molecular weight is 264 g/mol. The number of nitrogens with zero attached hydrogens (tertiary/aromatic N) is 3. The van der Waals surface area contributed by atoms with Gasteiger partial charge in [-0.2, -0.15) is 4.98 Å². The molecule has 0 aliphatic rings. The van der Waals surface area contributed by atoms with Gasteiger partial charge < -0.3 is 8.94 Å². The summed E-state index contributed by atoms with van der Waals surface area (Å²) in [5.74, 6) is 3.11. The first-order valence-corrected chi connectivity index (χ1v) is 6.44. The molecule has 0 fully saturated rings. The van der Waals surface area contributed by atoms with Crippen molar-refractivity contribution in [3.63, 3.8) is 0 Å². The molecule has 0 unspecified atom stereocenters. The Labute approximate surface area is 112 Å². The summed E-state index contributed by atoms with van der Waals surface area (Å²) in [7, 11) is 0. The lowest BCUT2D eigenvalue weighted by Crippen LogP contribution is -2.25. The van der Waals surface area contributed by atoms with E-state index in [-0.39, 0.29) is 6.04 Å². The molecule has 2 rings (SSSR count). The summed E-state index contributed by atoms with van der Waals surface area (Å²) in [6, 6.07) is -0.00582. The van der Waals surface area contributed by atoms with E-state index in [2.05, 4.69) is 34.3 Å². The third-order valence-corrected chi connectivity index (χ3v) is 3.02. The number of aryl methyl sites for hydroxylation is 3. The van der Waals surface area contributed by atoms with Crippen LogP contribution in [0.15, 0.2) is 8.94 Å². The van der Waals surface area contributed by atoms with E-state index in [1.165, 1.54) is 0 Å². The van der Waals surface area contributed by atoms with Crippen LogP contribution < -0.4 is 5.32 Å². The van der Waals surface area contributed by atoms with Crippen LogP contribution in [-0.2, 0) is 6.54 Å². The highest BCUT2D eigenvalue weighted by molar-refractivity contribution is 5.05. The van der Waals surface area contributed by atoms with Crippen LogP contribution in [0.2, 0.25) is 0 Å². The minimum absolute atomic E-state index is 0.00582. The van der Waals surface area contributed by atoms with Gasteiger partial charge in [-0.1, -0.05) is 19.0 Å². The molecule has 6 heteroatoms. The molecular formula is C13H20N4O2. The van der Waals surface area contributed by atoms with E-state index in [4.69, 9.17) is 8.94 Å². The van der Waals surface area contributed by atoms with Gasteiger partial charge in [0.25, 0.3) is 0 Å². The second-order valence-corrected chi connectivity index (χ2v) is 5.03. The summed E-state index contributed by atoms with van der Waals surface area (Å²) in [6.45, 7) is 10.4. The van der Waals surface area contributed by atoms with Gasteiger partial charge in [0.05, 0.1) is 18.3 Å². The number of nitrogens with one attached hydrogen (secondary N) is 1. The SMILES string of the molecule is Cc1noc([C@H](NCc2nc(C)c(C)o2)C(C)C)n1. The summed E-state index contributed by atoms with van der Waals surface area (Å²) in [4.78, 5) is 8.62. The Balaban J connectivity index is 2.05. The molecule has 1 atom stereocenters. The zero-order valence-electron chi connectivity index (χ0n) is 12.0. The Morgan fingerprint density at radius 2 is 1.89 bits per heavy atom. The van der Waals surface area contributed by atoms with Crippen molar-refractivity contribution in [2.24, 2.45) is 5.92 Å². The standard InChI is InChI=1S/C13H20N4O2/c1-7(2)12(13-16-10(5)17-19-13)14-6-11-15-8(3)9(4)18-11/h7,12,14H,6H2,1-5H3/t12-/m1/s1. The normalized spacial score (nSPS) is 13.2. The van der Waals surface area contributed by atoms with Gasteiger partial charge in [0, 0.05) is 0 Å². The first kappa shape index (κ1) is 13.7. The van der Waals surface area contributed by atoms with Crippen molar-refractivity contribution in [2.75, 3.05) is 0 Å². The first-order chi connectivity index (χ1) is 8.97. The van der Waals surface area contributed by atoms with E-state index in [0.717, 1.165) is 11.5 Å². The van der Waals surface area contributed by atoms with Gasteiger partial charge in [-0.3, -0.25) is 5.32 Å². The van der Waals surface area contributed by atoms with E-state index in [0.29, 0.717) is 30.1 Å². The van der Waals surface area contributed by atoms with Gasteiger partial charge in [0.1, 0.15) is 5.76 Å². The van der Waals surface area contributed by atoms with Crippen LogP contribution in [0, 0.1) is 26.7 Å². The topological polar surface area (TPSA) is 77.0 Å². The van der Waals surface area contributed by atoms with Crippen LogP contribution in [0.4, 0.5) is 0 Å². The molecule has 2 aromatic heterocycles. The predicted octanol–water partition coefficient (Wildman–Crippen LogP) is 2.47. The molecular weight excluding hydrogens is 244 g/mol. The van der Waals surface area contributed by atoms with Gasteiger partial charge in [-0.05, 0) is 26.7 Å². The molecule has 0 bridgehead atoms. The van der Waals surface area contributed by atoms with Crippen molar-refractivity contribution in [1.29, 1.82) is 0 Å². The highest BCUT2D eigenvalue weighted by Crippen LogP contribution is 2.20. The van der Waals surface area contributed by atoms with Crippen molar-refractivity contribution in [2.45, 2.75) is 47.2 Å². The maximum atomic E-state index is 5.55. The van der Waals surface area contributed by atoms with Gasteiger partial charge in [0.2, 0.25) is 11.8 Å². The highest BCUT2D eigenvalue weighted by atomic mass is 16.5. The monoisotopic (exact) mass is 264 g/mol. The van der Waals surface area contributed by atoms with Crippen LogP contribution in [0.25, 0.3) is 0 Å². The molecule has 0 spiro atoms. The van der Waals surface area contributed by atoms with Gasteiger partial charge >= 0.3 is 0 Å². The summed E-state index contributed by atoms with van der Waals surface area (Å²) in [5.41, 5.74) is 0.923. The van der Waals surface area contributed by atoms with E-state index >= 15 is 0 Å². The van der Waals surface area contributed by atoms with Crippen molar-refractivity contribution < 1.29 is 8.94 Å². The second-order valence-electron chi connectivity index (χ2n) is 5.03. The van der Waals surface area contributed by atoms with E-state index in [1.807, 2.05) is 20.8 Å². The van der Waals surface area contributed by atoms with E-state index in [9.17, 15) is 0 Å². The molecule has 0 aliphatic heterocycles. The fourth-order valence-electron chi connectivity index (χ4n) is 1.86. The molecule has 0 amide bonds. The Morgan fingerprint density at radius 1 is 1.16 bits per heavy atom. The highest BCUT2D eigenvalue weighted by Gasteiger charge is 2.22. The lowest BCUT2D eigenvalue weighted by molar-refractivity contribution is 0.279. The van der Waals surface area contributed by atoms with E-state index < -0.39 is 0 Å². The summed E-state index contributed by atoms with van der Waals surface area (Å²) < 4.78 is 10.8. The Morgan fingerprint density at radius 3 is 2.37 bits per heavy atom. The van der Waals surface area contributed by atoms with Crippen LogP contribution in [-0.4, -0.2) is 15.1 Å². The fraction of sp³-hybridized carbons (Fsp3) is 0.615. The van der Waals surface area contributed by atoms with Gasteiger partial charge in [0.15, 0.2) is 5.82 Å². The lowest BCUT2D eigenvalue weighted by atomic mass is 10.0. The lowest BCUT2D eigenvalue weighted by Gasteiger charge is -2.17. The van der Waals surface area contributed by atoms with Crippen LogP contribution in [0.5, 0.6) is 0 Å². The van der Waals surface area contributed by atoms with E-state index in [1.54, 1.807) is 0 Å². The van der Waals surface area contributed by atoms with Crippen molar-refractivity contribution in [1.82, 2.24) is 20.4 Å². The molecule has 0 saturated heterocycles. The average Bonchev–Trinajstić information content (AvgIpc) is 2.87. The summed E-state index contributed by atoms with van der Waals surface area (Å²) in [5, 5.41) is 7.18. The molecule has 0 saturated carbocycles. The second kappa shape index (κ2) is 5.52. The summed E-state index contributed by atoms with van der Waals surface area (Å²) >= 11 is 0. The molecule has 0 aromatic carbocycles. The van der Waals surface area contributed by atoms with Crippen LogP contribution >= 0.6 is 0 Å². The molecule has 6 nitrogen and oxygen atoms in total. The molecule has 19 heavy (non-hydrogen) atoms. The number of aromatic nitrogens is 3. The first-order valence-electron chi connectivity index (χ1n) is 6.44. The summed E-state index contributed by atoms with van der Waals surface area (Å²) in [6.07, 6.45) is 0. The third kappa shape index (κ3) is 3.20. The molecule has 104 valence electrons.